The number of hydrogen-bond donors (Lipinski definition) is 2. The molecule has 0 saturated carbocycles. The molecule has 1 saturated heterocycles. The van der Waals surface area contributed by atoms with Gasteiger partial charge in [-0.05, 0) is 73.9 Å². The van der Waals surface area contributed by atoms with Gasteiger partial charge in [0, 0.05) is 18.8 Å². The highest BCUT2D eigenvalue weighted by Crippen LogP contribution is 2.15. The first-order chi connectivity index (χ1) is 12.6. The molecule has 2 aromatic carbocycles. The molecule has 0 spiro atoms. The molecule has 0 aliphatic carbocycles. The van der Waals surface area contributed by atoms with Crippen LogP contribution in [0.1, 0.15) is 36.0 Å². The lowest BCUT2D eigenvalue weighted by Gasteiger charge is -2.26. The molecule has 1 heterocycles. The molecule has 0 unspecified atom stereocenters. The van der Waals surface area contributed by atoms with E-state index in [0.29, 0.717) is 22.9 Å². The van der Waals surface area contributed by atoms with E-state index in [0.717, 1.165) is 6.54 Å². The van der Waals surface area contributed by atoms with E-state index in [-0.39, 0.29) is 5.82 Å². The van der Waals surface area contributed by atoms with Crippen molar-refractivity contribution in [1.82, 2.24) is 10.2 Å². The number of nitrogens with zero attached hydrogens (tertiary/aromatic N) is 1. The van der Waals surface area contributed by atoms with E-state index in [1.165, 1.54) is 49.5 Å². The van der Waals surface area contributed by atoms with Gasteiger partial charge in [0.1, 0.15) is 5.82 Å². The molecule has 0 radical (unpaired) electrons. The van der Waals surface area contributed by atoms with Gasteiger partial charge in [-0.1, -0.05) is 36.8 Å². The first kappa shape index (κ1) is 18.8. The van der Waals surface area contributed by atoms with Gasteiger partial charge < -0.3 is 10.6 Å². The summed E-state index contributed by atoms with van der Waals surface area (Å²) >= 11 is 5.29. The largest absolute Gasteiger partial charge is 0.358 e. The van der Waals surface area contributed by atoms with Crippen molar-refractivity contribution < 1.29 is 4.39 Å². The van der Waals surface area contributed by atoms with Crippen LogP contribution in [-0.4, -0.2) is 23.1 Å². The zero-order chi connectivity index (χ0) is 18.4. The highest BCUT2D eigenvalue weighted by Gasteiger charge is 2.10. The molecule has 2 aromatic rings. The molecule has 0 bridgehead atoms. The molecule has 138 valence electrons. The van der Waals surface area contributed by atoms with Gasteiger partial charge in [-0.25, -0.2) is 4.39 Å². The molecular formula is C21H26FN3S. The Morgan fingerprint density at radius 2 is 1.73 bits per heavy atom. The Morgan fingerprint density at radius 3 is 2.42 bits per heavy atom. The number of benzene rings is 2. The number of likely N-dealkylation sites (tertiary alicyclic amines) is 1. The van der Waals surface area contributed by atoms with Crippen LogP contribution in [0.15, 0.2) is 42.5 Å². The number of hydrogen-bond acceptors (Lipinski definition) is 2. The van der Waals surface area contributed by atoms with Gasteiger partial charge in [0.25, 0.3) is 0 Å². The van der Waals surface area contributed by atoms with E-state index in [1.807, 2.05) is 6.07 Å². The third kappa shape index (κ3) is 5.51. The summed E-state index contributed by atoms with van der Waals surface area (Å²) in [5.74, 6) is -0.234. The smallest absolute Gasteiger partial charge is 0.171 e. The highest BCUT2D eigenvalue weighted by atomic mass is 32.1. The van der Waals surface area contributed by atoms with Crippen LogP contribution in [0.2, 0.25) is 0 Å². The van der Waals surface area contributed by atoms with Crippen LogP contribution >= 0.6 is 12.2 Å². The van der Waals surface area contributed by atoms with Gasteiger partial charge >= 0.3 is 0 Å². The fourth-order valence-electron chi connectivity index (χ4n) is 3.17. The van der Waals surface area contributed by atoms with Crippen LogP contribution < -0.4 is 10.6 Å². The van der Waals surface area contributed by atoms with Crippen LogP contribution in [-0.2, 0) is 13.1 Å². The molecule has 3 rings (SSSR count). The van der Waals surface area contributed by atoms with Crippen LogP contribution in [0.3, 0.4) is 0 Å². The molecule has 0 atom stereocenters. The van der Waals surface area contributed by atoms with Crippen molar-refractivity contribution in [3.63, 3.8) is 0 Å². The number of anilines is 1. The van der Waals surface area contributed by atoms with E-state index in [1.54, 1.807) is 13.0 Å². The molecule has 2 N–H and O–H groups in total. The van der Waals surface area contributed by atoms with Crippen LogP contribution in [0.5, 0.6) is 0 Å². The van der Waals surface area contributed by atoms with E-state index in [2.05, 4.69) is 39.8 Å². The third-order valence-electron chi connectivity index (χ3n) is 4.76. The second-order valence-electron chi connectivity index (χ2n) is 6.92. The van der Waals surface area contributed by atoms with Crippen molar-refractivity contribution in [3.8, 4) is 0 Å². The molecule has 26 heavy (non-hydrogen) atoms. The second-order valence-corrected chi connectivity index (χ2v) is 7.33. The maximum absolute atomic E-state index is 13.6. The van der Waals surface area contributed by atoms with Gasteiger partial charge in [-0.2, -0.15) is 0 Å². The van der Waals surface area contributed by atoms with Crippen molar-refractivity contribution in [2.24, 2.45) is 0 Å². The van der Waals surface area contributed by atoms with Crippen molar-refractivity contribution >= 4 is 23.0 Å². The molecule has 5 heteroatoms. The number of aryl methyl sites for hydroxylation is 1. The van der Waals surface area contributed by atoms with Crippen molar-refractivity contribution in [3.05, 3.63) is 65.0 Å². The molecule has 0 amide bonds. The molecule has 1 aliphatic heterocycles. The summed E-state index contributed by atoms with van der Waals surface area (Å²) in [7, 11) is 0. The zero-order valence-electron chi connectivity index (χ0n) is 15.2. The van der Waals surface area contributed by atoms with E-state index < -0.39 is 0 Å². The van der Waals surface area contributed by atoms with Crippen molar-refractivity contribution in [1.29, 1.82) is 0 Å². The van der Waals surface area contributed by atoms with Gasteiger partial charge in [-0.15, -0.1) is 0 Å². The van der Waals surface area contributed by atoms with Gasteiger partial charge in [0.15, 0.2) is 5.11 Å². The van der Waals surface area contributed by atoms with Gasteiger partial charge in [-0.3, -0.25) is 4.90 Å². The summed E-state index contributed by atoms with van der Waals surface area (Å²) in [6.07, 6.45) is 4.00. The fraction of sp³-hybridized carbons (Fsp3) is 0.381. The zero-order valence-corrected chi connectivity index (χ0v) is 16.0. The average Bonchev–Trinajstić information content (AvgIpc) is 2.65. The number of nitrogens with one attached hydrogen (secondary N) is 2. The summed E-state index contributed by atoms with van der Waals surface area (Å²) in [4.78, 5) is 2.52. The van der Waals surface area contributed by atoms with Crippen molar-refractivity contribution in [2.75, 3.05) is 18.4 Å². The SMILES string of the molecule is Cc1ccc(NC(=S)NCc2ccc(CN3CCCCC3)cc2)cc1F. The Labute approximate surface area is 160 Å². The van der Waals surface area contributed by atoms with E-state index in [9.17, 15) is 4.39 Å². The average molecular weight is 372 g/mol. The first-order valence-electron chi connectivity index (χ1n) is 9.21. The van der Waals surface area contributed by atoms with E-state index >= 15 is 0 Å². The van der Waals surface area contributed by atoms with Gasteiger partial charge in [0.05, 0.1) is 0 Å². The highest BCUT2D eigenvalue weighted by molar-refractivity contribution is 7.80. The third-order valence-corrected chi connectivity index (χ3v) is 5.01. The molecule has 3 nitrogen and oxygen atoms in total. The molecule has 1 aliphatic rings. The first-order valence-corrected chi connectivity index (χ1v) is 9.62. The summed E-state index contributed by atoms with van der Waals surface area (Å²) in [5.41, 5.74) is 3.81. The Hall–Kier alpha value is -1.98. The summed E-state index contributed by atoms with van der Waals surface area (Å²) in [5, 5.41) is 6.68. The number of halogens is 1. The van der Waals surface area contributed by atoms with Crippen LogP contribution in [0.25, 0.3) is 0 Å². The maximum atomic E-state index is 13.6. The predicted octanol–water partition coefficient (Wildman–Crippen LogP) is 4.61. The lowest BCUT2D eigenvalue weighted by molar-refractivity contribution is 0.221. The molecular weight excluding hydrogens is 345 g/mol. The molecule has 1 fully saturated rings. The standard InChI is InChI=1S/C21H26FN3S/c1-16-5-10-19(13-20(16)22)24-21(26)23-14-17-6-8-18(9-7-17)15-25-11-3-2-4-12-25/h5-10,13H,2-4,11-12,14-15H2,1H3,(H2,23,24,26). The lowest BCUT2D eigenvalue weighted by atomic mass is 10.1. The number of thiocarbonyl (C=S) groups is 1. The minimum Gasteiger partial charge on any atom is -0.358 e. The Kier molecular flexibility index (Phi) is 6.58. The minimum atomic E-state index is -0.234. The minimum absolute atomic E-state index is 0.234. The monoisotopic (exact) mass is 371 g/mol. The summed E-state index contributed by atoms with van der Waals surface area (Å²) < 4.78 is 13.6. The lowest BCUT2D eigenvalue weighted by Crippen LogP contribution is -2.29. The maximum Gasteiger partial charge on any atom is 0.171 e. The Balaban J connectivity index is 1.46. The van der Waals surface area contributed by atoms with Crippen molar-refractivity contribution in [2.45, 2.75) is 39.3 Å². The normalized spacial score (nSPS) is 14.8. The predicted molar refractivity (Wildman–Crippen MR) is 110 cm³/mol. The van der Waals surface area contributed by atoms with Gasteiger partial charge in [0.2, 0.25) is 0 Å². The Morgan fingerprint density at radius 1 is 1.04 bits per heavy atom. The van der Waals surface area contributed by atoms with Crippen LogP contribution in [0.4, 0.5) is 10.1 Å². The van der Waals surface area contributed by atoms with Crippen LogP contribution in [0, 0.1) is 12.7 Å². The topological polar surface area (TPSA) is 27.3 Å². The quantitative estimate of drug-likeness (QED) is 0.751. The number of piperidine rings is 1. The Bertz CT molecular complexity index is 739. The summed E-state index contributed by atoms with van der Waals surface area (Å²) in [6, 6.07) is 13.7. The number of rotatable bonds is 5. The molecule has 0 aromatic heterocycles. The summed E-state index contributed by atoms with van der Waals surface area (Å²) in [6.45, 7) is 5.84. The fourth-order valence-corrected chi connectivity index (χ4v) is 3.36. The second kappa shape index (κ2) is 9.10. The van der Waals surface area contributed by atoms with E-state index in [4.69, 9.17) is 12.2 Å².